The van der Waals surface area contributed by atoms with Gasteiger partial charge in [-0.05, 0) is 31.2 Å². The molecule has 0 fully saturated rings. The van der Waals surface area contributed by atoms with Crippen molar-refractivity contribution in [3.8, 4) is 0 Å². The highest BCUT2D eigenvalue weighted by Gasteiger charge is 2.06. The van der Waals surface area contributed by atoms with Crippen LogP contribution >= 0.6 is 11.8 Å². The maximum absolute atomic E-state index is 12.9. The van der Waals surface area contributed by atoms with E-state index in [0.717, 1.165) is 24.3 Å². The van der Waals surface area contributed by atoms with Gasteiger partial charge in [-0.25, -0.2) is 8.78 Å². The van der Waals surface area contributed by atoms with E-state index in [9.17, 15) is 13.6 Å². The molecule has 3 nitrogen and oxygen atoms in total. The number of carbonyl (C=O) groups is 1. The van der Waals surface area contributed by atoms with E-state index in [2.05, 4.69) is 5.32 Å². The fourth-order valence-corrected chi connectivity index (χ4v) is 2.15. The Morgan fingerprint density at radius 2 is 2.17 bits per heavy atom. The maximum atomic E-state index is 12.9. The zero-order chi connectivity index (χ0) is 13.5. The Kier molecular flexibility index (Phi) is 6.07. The Hall–Kier alpha value is -1.14. The van der Waals surface area contributed by atoms with Crippen molar-refractivity contribution in [1.29, 1.82) is 0 Å². The van der Waals surface area contributed by atoms with Crippen molar-refractivity contribution in [3.63, 3.8) is 0 Å². The minimum atomic E-state index is -0.975. The van der Waals surface area contributed by atoms with Gasteiger partial charge in [-0.1, -0.05) is 0 Å². The molecule has 100 valence electrons. The molecule has 6 heteroatoms. The van der Waals surface area contributed by atoms with E-state index in [0.29, 0.717) is 0 Å². The first kappa shape index (κ1) is 14.9. The lowest BCUT2D eigenvalue weighted by Gasteiger charge is -2.06. The summed E-state index contributed by atoms with van der Waals surface area (Å²) in [6, 6.07) is 3.38. The average molecular weight is 274 g/mol. The quantitative estimate of drug-likeness (QED) is 0.783. The van der Waals surface area contributed by atoms with Crippen molar-refractivity contribution in [2.45, 2.75) is 19.4 Å². The van der Waals surface area contributed by atoms with Crippen LogP contribution in [-0.2, 0) is 4.79 Å². The van der Waals surface area contributed by atoms with E-state index in [-0.39, 0.29) is 23.4 Å². The standard InChI is InChI=1S/C12H16F2N2OS/c1-8(15)4-5-18-7-12(17)16-9-2-3-10(13)11(14)6-9/h2-3,6,8H,4-5,7,15H2,1H3,(H,16,17). The van der Waals surface area contributed by atoms with E-state index in [1.165, 1.54) is 17.8 Å². The van der Waals surface area contributed by atoms with E-state index in [1.54, 1.807) is 0 Å². The van der Waals surface area contributed by atoms with Crippen LogP contribution in [0.1, 0.15) is 13.3 Å². The van der Waals surface area contributed by atoms with E-state index < -0.39 is 11.6 Å². The molecule has 0 saturated heterocycles. The summed E-state index contributed by atoms with van der Waals surface area (Å²) in [5, 5.41) is 2.50. The summed E-state index contributed by atoms with van der Waals surface area (Å²) in [4.78, 5) is 11.5. The molecule has 1 atom stereocenters. The molecule has 1 aromatic rings. The summed E-state index contributed by atoms with van der Waals surface area (Å²) in [5.74, 6) is -1.08. The Morgan fingerprint density at radius 1 is 1.44 bits per heavy atom. The van der Waals surface area contributed by atoms with Gasteiger partial charge in [0, 0.05) is 17.8 Å². The molecule has 3 N–H and O–H groups in total. The number of hydrogen-bond donors (Lipinski definition) is 2. The maximum Gasteiger partial charge on any atom is 0.234 e. The van der Waals surface area contributed by atoms with Gasteiger partial charge in [0.25, 0.3) is 0 Å². The monoisotopic (exact) mass is 274 g/mol. The Balaban J connectivity index is 2.33. The number of hydrogen-bond acceptors (Lipinski definition) is 3. The molecule has 18 heavy (non-hydrogen) atoms. The molecule has 0 heterocycles. The van der Waals surface area contributed by atoms with E-state index >= 15 is 0 Å². The fraction of sp³-hybridized carbons (Fsp3) is 0.417. The summed E-state index contributed by atoms with van der Waals surface area (Å²) >= 11 is 1.46. The molecule has 0 aliphatic heterocycles. The van der Waals surface area contributed by atoms with Crippen molar-refractivity contribution < 1.29 is 13.6 Å². The van der Waals surface area contributed by atoms with Crippen molar-refractivity contribution >= 4 is 23.4 Å². The van der Waals surface area contributed by atoms with E-state index in [4.69, 9.17) is 5.73 Å². The number of nitrogens with one attached hydrogen (secondary N) is 1. The molecule has 1 unspecified atom stereocenters. The first-order valence-corrected chi connectivity index (χ1v) is 6.72. The second-order valence-corrected chi connectivity index (χ2v) is 5.10. The number of halogens is 2. The molecule has 1 amide bonds. The minimum absolute atomic E-state index is 0.117. The van der Waals surface area contributed by atoms with Crippen LogP contribution in [0.25, 0.3) is 0 Å². The summed E-state index contributed by atoms with van der Waals surface area (Å²) in [6.45, 7) is 1.90. The summed E-state index contributed by atoms with van der Waals surface area (Å²) < 4.78 is 25.5. The Labute approximate surface area is 109 Å². The molecule has 1 rings (SSSR count). The highest BCUT2D eigenvalue weighted by atomic mass is 32.2. The van der Waals surface area contributed by atoms with Gasteiger partial charge in [-0.3, -0.25) is 4.79 Å². The van der Waals surface area contributed by atoms with Crippen LogP contribution < -0.4 is 11.1 Å². The molecular weight excluding hydrogens is 258 g/mol. The predicted molar refractivity (Wildman–Crippen MR) is 70.6 cm³/mol. The largest absolute Gasteiger partial charge is 0.328 e. The van der Waals surface area contributed by atoms with E-state index in [1.807, 2.05) is 6.92 Å². The molecule has 0 spiro atoms. The number of benzene rings is 1. The Bertz CT molecular complexity index is 413. The molecule has 1 aromatic carbocycles. The summed E-state index contributed by atoms with van der Waals surface area (Å²) in [5.41, 5.74) is 5.83. The van der Waals surface area contributed by atoms with Crippen LogP contribution in [0.2, 0.25) is 0 Å². The van der Waals surface area contributed by atoms with Gasteiger partial charge in [-0.2, -0.15) is 11.8 Å². The third-order valence-electron chi connectivity index (χ3n) is 2.15. The van der Waals surface area contributed by atoms with Gasteiger partial charge in [0.1, 0.15) is 0 Å². The smallest absolute Gasteiger partial charge is 0.234 e. The average Bonchev–Trinajstić information content (AvgIpc) is 2.29. The van der Waals surface area contributed by atoms with Gasteiger partial charge in [0.05, 0.1) is 5.75 Å². The molecule has 0 aliphatic carbocycles. The van der Waals surface area contributed by atoms with Crippen LogP contribution in [-0.4, -0.2) is 23.5 Å². The zero-order valence-corrected chi connectivity index (χ0v) is 10.9. The minimum Gasteiger partial charge on any atom is -0.328 e. The van der Waals surface area contributed by atoms with Gasteiger partial charge < -0.3 is 11.1 Å². The predicted octanol–water partition coefficient (Wildman–Crippen LogP) is 2.37. The lowest BCUT2D eigenvalue weighted by Crippen LogP contribution is -2.17. The molecule has 0 radical (unpaired) electrons. The number of thioether (sulfide) groups is 1. The third kappa shape index (κ3) is 5.46. The number of nitrogens with two attached hydrogens (primary N) is 1. The number of amides is 1. The second kappa shape index (κ2) is 7.33. The van der Waals surface area contributed by atoms with Gasteiger partial charge in [-0.15, -0.1) is 0 Å². The van der Waals surface area contributed by atoms with Crippen LogP contribution in [0.5, 0.6) is 0 Å². The molecule has 0 aromatic heterocycles. The van der Waals surface area contributed by atoms with Gasteiger partial charge in [0.2, 0.25) is 5.91 Å². The lowest BCUT2D eigenvalue weighted by atomic mass is 10.3. The van der Waals surface area contributed by atoms with Crippen LogP contribution in [0.4, 0.5) is 14.5 Å². The Morgan fingerprint density at radius 3 is 2.78 bits per heavy atom. The molecule has 0 aliphatic rings. The fourth-order valence-electron chi connectivity index (χ4n) is 1.21. The SMILES string of the molecule is CC(N)CCSCC(=O)Nc1ccc(F)c(F)c1. The van der Waals surface area contributed by atoms with Crippen LogP contribution in [0.3, 0.4) is 0 Å². The number of carbonyl (C=O) groups excluding carboxylic acids is 1. The second-order valence-electron chi connectivity index (χ2n) is 4.00. The van der Waals surface area contributed by atoms with Crippen molar-refractivity contribution in [1.82, 2.24) is 0 Å². The molecular formula is C12H16F2N2OS. The van der Waals surface area contributed by atoms with Crippen LogP contribution in [0.15, 0.2) is 18.2 Å². The van der Waals surface area contributed by atoms with Crippen molar-refractivity contribution in [2.75, 3.05) is 16.8 Å². The normalized spacial score (nSPS) is 12.2. The highest BCUT2D eigenvalue weighted by Crippen LogP contribution is 2.13. The third-order valence-corrected chi connectivity index (χ3v) is 3.14. The van der Waals surface area contributed by atoms with Crippen LogP contribution in [0, 0.1) is 11.6 Å². The van der Waals surface area contributed by atoms with Gasteiger partial charge >= 0.3 is 0 Å². The molecule has 0 saturated carbocycles. The summed E-state index contributed by atoms with van der Waals surface area (Å²) in [7, 11) is 0. The summed E-state index contributed by atoms with van der Waals surface area (Å²) in [6.07, 6.45) is 0.836. The van der Waals surface area contributed by atoms with Crippen molar-refractivity contribution in [2.24, 2.45) is 5.73 Å². The highest BCUT2D eigenvalue weighted by molar-refractivity contribution is 7.99. The first-order chi connectivity index (χ1) is 8.49. The topological polar surface area (TPSA) is 55.1 Å². The lowest BCUT2D eigenvalue weighted by molar-refractivity contribution is -0.113. The van der Waals surface area contributed by atoms with Crippen molar-refractivity contribution in [3.05, 3.63) is 29.8 Å². The number of anilines is 1. The number of rotatable bonds is 6. The first-order valence-electron chi connectivity index (χ1n) is 5.57. The van der Waals surface area contributed by atoms with Gasteiger partial charge in [0.15, 0.2) is 11.6 Å². The zero-order valence-electron chi connectivity index (χ0n) is 10.1. The molecule has 0 bridgehead atoms.